The second-order valence-electron chi connectivity index (χ2n) is 9.85. The number of ketones is 2. The van der Waals surface area contributed by atoms with Crippen LogP contribution in [-0.4, -0.2) is 62.4 Å². The van der Waals surface area contributed by atoms with E-state index < -0.39 is 52.4 Å². The van der Waals surface area contributed by atoms with Crippen LogP contribution in [0, 0.1) is 28.6 Å². The maximum absolute atomic E-state index is 16.9. The largest absolute Gasteiger partial charge is 0.483 e. The number of carbonyl (C=O) groups excluding carboxylic acids is 2. The summed E-state index contributed by atoms with van der Waals surface area (Å²) in [6.45, 7) is 4.23. The Balaban J connectivity index is 0.000000858. The van der Waals surface area contributed by atoms with E-state index in [0.717, 1.165) is 0 Å². The van der Waals surface area contributed by atoms with E-state index in [-0.39, 0.29) is 24.6 Å². The highest BCUT2D eigenvalue weighted by molar-refractivity contribution is 6.01. The van der Waals surface area contributed by atoms with Gasteiger partial charge in [0.05, 0.1) is 6.10 Å². The number of alkyl halides is 1. The number of aliphatic hydroxyl groups is 3. The maximum atomic E-state index is 16.9. The van der Waals surface area contributed by atoms with Gasteiger partial charge in [0.15, 0.2) is 17.2 Å². The zero-order valence-corrected chi connectivity index (χ0v) is 18.0. The zero-order chi connectivity index (χ0) is 23.4. The molecule has 3 saturated carbocycles. The maximum Gasteiger partial charge on any atom is 0.290 e. The van der Waals surface area contributed by atoms with Crippen molar-refractivity contribution < 1.29 is 39.2 Å². The van der Waals surface area contributed by atoms with Gasteiger partial charge in [0.25, 0.3) is 6.47 Å². The quantitative estimate of drug-likeness (QED) is 0.482. The highest BCUT2D eigenvalue weighted by Crippen LogP contribution is 2.70. The lowest BCUT2D eigenvalue weighted by atomic mass is 9.44. The zero-order valence-electron chi connectivity index (χ0n) is 18.0. The van der Waals surface area contributed by atoms with Crippen molar-refractivity contribution in [2.75, 3.05) is 6.61 Å². The molecule has 0 aromatic carbocycles. The molecule has 0 bridgehead atoms. The Hall–Kier alpha value is -1.90. The van der Waals surface area contributed by atoms with Crippen LogP contribution >= 0.6 is 0 Å². The summed E-state index contributed by atoms with van der Waals surface area (Å²) < 4.78 is 16.9. The van der Waals surface area contributed by atoms with E-state index in [1.54, 1.807) is 26.8 Å². The highest BCUT2D eigenvalue weighted by Gasteiger charge is 2.75. The van der Waals surface area contributed by atoms with Gasteiger partial charge < -0.3 is 20.4 Å². The molecule has 0 heterocycles. The average molecular weight is 438 g/mol. The number of hydrogen-bond acceptors (Lipinski definition) is 6. The summed E-state index contributed by atoms with van der Waals surface area (Å²) in [6.07, 6.45) is 4.44. The third-order valence-corrected chi connectivity index (χ3v) is 8.79. The molecule has 4 aliphatic carbocycles. The Morgan fingerprint density at radius 2 is 1.94 bits per heavy atom. The average Bonchev–Trinajstić information content (AvgIpc) is 2.91. The summed E-state index contributed by atoms with van der Waals surface area (Å²) in [7, 11) is 0. The number of hydrogen-bond donors (Lipinski definition) is 4. The first-order valence-electron chi connectivity index (χ1n) is 10.6. The van der Waals surface area contributed by atoms with E-state index in [2.05, 4.69) is 0 Å². The third kappa shape index (κ3) is 2.84. The van der Waals surface area contributed by atoms with Crippen molar-refractivity contribution in [2.24, 2.45) is 28.6 Å². The van der Waals surface area contributed by atoms with Gasteiger partial charge in [-0.2, -0.15) is 0 Å². The minimum atomic E-state index is -1.98. The summed E-state index contributed by atoms with van der Waals surface area (Å²) in [4.78, 5) is 32.7. The number of Topliss-reactive ketones (excluding diaryl/α,β-unsaturated/α-hetero) is 1. The third-order valence-electron chi connectivity index (χ3n) is 8.79. The summed E-state index contributed by atoms with van der Waals surface area (Å²) in [6, 6.07) is 0. The van der Waals surface area contributed by atoms with Crippen LogP contribution < -0.4 is 0 Å². The van der Waals surface area contributed by atoms with Crippen molar-refractivity contribution in [1.29, 1.82) is 0 Å². The standard InChI is InChI=1S/C22H29FO5.CH2O2/c1-12-8-16-15-5-4-13-9-14(25)6-7-19(13,2)21(15,23)17(26)10-20(16,3)22(12,28)18(27)11-24;2-1-3/h6-7,9,12,15-17,24,26,28H,4-5,8,10-11H2,1-3H3;1H,(H,2,3)/t12-,15-,16-,17-,19-,20-,21-,22-;/m0./s1. The lowest BCUT2D eigenvalue weighted by molar-refractivity contribution is -0.219. The molecule has 3 fully saturated rings. The van der Waals surface area contributed by atoms with E-state index >= 15 is 4.39 Å². The van der Waals surface area contributed by atoms with Gasteiger partial charge in [-0.05, 0) is 56.6 Å². The van der Waals surface area contributed by atoms with Gasteiger partial charge in [0.2, 0.25) is 0 Å². The van der Waals surface area contributed by atoms with Crippen LogP contribution in [-0.2, 0) is 14.4 Å². The van der Waals surface area contributed by atoms with E-state index in [1.807, 2.05) is 0 Å². The molecule has 4 N–H and O–H groups in total. The Labute approximate surface area is 180 Å². The van der Waals surface area contributed by atoms with E-state index in [1.165, 1.54) is 12.2 Å². The molecule has 7 nitrogen and oxygen atoms in total. The van der Waals surface area contributed by atoms with Crippen LogP contribution in [0.2, 0.25) is 0 Å². The Morgan fingerprint density at radius 3 is 2.52 bits per heavy atom. The molecule has 0 radical (unpaired) electrons. The lowest BCUT2D eigenvalue weighted by Crippen LogP contribution is -2.69. The molecular formula is C23H31FO7. The van der Waals surface area contributed by atoms with Crippen LogP contribution in [0.25, 0.3) is 0 Å². The van der Waals surface area contributed by atoms with E-state index in [4.69, 9.17) is 9.90 Å². The fourth-order valence-corrected chi connectivity index (χ4v) is 7.26. The van der Waals surface area contributed by atoms with Crippen LogP contribution in [0.5, 0.6) is 0 Å². The van der Waals surface area contributed by atoms with E-state index in [0.29, 0.717) is 24.8 Å². The molecule has 0 saturated heterocycles. The first-order valence-corrected chi connectivity index (χ1v) is 10.6. The topological polar surface area (TPSA) is 132 Å². The van der Waals surface area contributed by atoms with Crippen LogP contribution in [0.1, 0.15) is 46.5 Å². The van der Waals surface area contributed by atoms with Crippen molar-refractivity contribution in [3.05, 3.63) is 23.8 Å². The van der Waals surface area contributed by atoms with Gasteiger partial charge in [-0.1, -0.05) is 25.5 Å². The SMILES string of the molecule is C[C@H]1C[C@H]2[C@@H]3CCC4=CC(=O)C=C[C@]4(C)[C@@]3(F)[C@@H](O)C[C@]2(C)[C@@]1(O)C(=O)CO.O=CO. The second-order valence-corrected chi connectivity index (χ2v) is 9.85. The predicted molar refractivity (Wildman–Crippen MR) is 109 cm³/mol. The van der Waals surface area contributed by atoms with Crippen LogP contribution in [0.3, 0.4) is 0 Å². The Kier molecular flexibility index (Phi) is 5.83. The molecule has 4 rings (SSSR count). The summed E-state index contributed by atoms with van der Waals surface area (Å²) in [5.74, 6) is -2.12. The Bertz CT molecular complexity index is 853. The van der Waals surface area contributed by atoms with Crippen LogP contribution in [0.4, 0.5) is 4.39 Å². The molecule has 0 aliphatic heterocycles. The molecule has 8 heteroatoms. The number of fused-ring (bicyclic) bond motifs is 5. The number of allylic oxidation sites excluding steroid dienone is 4. The fourth-order valence-electron chi connectivity index (χ4n) is 7.26. The normalized spacial score (nSPS) is 47.8. The smallest absolute Gasteiger partial charge is 0.290 e. The van der Waals surface area contributed by atoms with Gasteiger partial charge in [-0.3, -0.25) is 14.4 Å². The second kappa shape index (κ2) is 7.60. The number of aliphatic hydroxyl groups excluding tert-OH is 2. The first kappa shape index (κ1) is 23.8. The number of rotatable bonds is 2. The lowest BCUT2D eigenvalue weighted by Gasteiger charge is -2.62. The molecule has 0 spiro atoms. The minimum absolute atomic E-state index is 0.0676. The van der Waals surface area contributed by atoms with Gasteiger partial charge in [-0.15, -0.1) is 0 Å². The number of carbonyl (C=O) groups is 3. The monoisotopic (exact) mass is 438 g/mol. The van der Waals surface area contributed by atoms with E-state index in [9.17, 15) is 24.9 Å². The highest BCUT2D eigenvalue weighted by atomic mass is 19.1. The summed E-state index contributed by atoms with van der Waals surface area (Å²) in [5, 5.41) is 38.9. The van der Waals surface area contributed by atoms with Crippen molar-refractivity contribution in [2.45, 2.75) is 63.8 Å². The Morgan fingerprint density at radius 1 is 1.32 bits per heavy atom. The number of halogens is 1. The molecule has 0 amide bonds. The van der Waals surface area contributed by atoms with Crippen molar-refractivity contribution in [3.63, 3.8) is 0 Å². The summed E-state index contributed by atoms with van der Waals surface area (Å²) in [5.41, 5.74) is -5.17. The van der Waals surface area contributed by atoms with Gasteiger partial charge >= 0.3 is 0 Å². The fraction of sp³-hybridized carbons (Fsp3) is 0.696. The predicted octanol–water partition coefficient (Wildman–Crippen LogP) is 1.60. The molecular weight excluding hydrogens is 407 g/mol. The van der Waals surface area contributed by atoms with Gasteiger partial charge in [-0.25, -0.2) is 4.39 Å². The number of carboxylic acid groups (broad SMARTS) is 1. The molecule has 172 valence electrons. The van der Waals surface area contributed by atoms with Crippen molar-refractivity contribution in [3.8, 4) is 0 Å². The molecule has 31 heavy (non-hydrogen) atoms. The molecule has 4 aliphatic rings. The van der Waals surface area contributed by atoms with Gasteiger partial charge in [0.1, 0.15) is 12.2 Å². The molecule has 0 aromatic rings. The van der Waals surface area contributed by atoms with Crippen LogP contribution in [0.15, 0.2) is 23.8 Å². The molecule has 8 atom stereocenters. The molecule has 0 aromatic heterocycles. The first-order chi connectivity index (χ1) is 14.4. The summed E-state index contributed by atoms with van der Waals surface area (Å²) >= 11 is 0. The van der Waals surface area contributed by atoms with Crippen molar-refractivity contribution >= 4 is 18.0 Å². The van der Waals surface area contributed by atoms with Crippen molar-refractivity contribution in [1.82, 2.24) is 0 Å². The molecule has 0 unspecified atom stereocenters. The van der Waals surface area contributed by atoms with Gasteiger partial charge in [0, 0.05) is 16.7 Å². The minimum Gasteiger partial charge on any atom is -0.483 e.